The third-order valence-electron chi connectivity index (χ3n) is 3.00. The van der Waals surface area contributed by atoms with Gasteiger partial charge in [0.05, 0.1) is 12.1 Å². The van der Waals surface area contributed by atoms with Crippen LogP contribution in [0, 0.1) is 0 Å². The summed E-state index contributed by atoms with van der Waals surface area (Å²) in [5, 5.41) is 12.5. The van der Waals surface area contributed by atoms with Gasteiger partial charge in [-0.05, 0) is 13.3 Å². The lowest BCUT2D eigenvalue weighted by Crippen LogP contribution is -2.61. The Morgan fingerprint density at radius 3 is 2.95 bits per heavy atom. The number of aryl methyl sites for hydroxylation is 1. The average Bonchev–Trinajstić information content (AvgIpc) is 2.73. The summed E-state index contributed by atoms with van der Waals surface area (Å²) in [6, 6.07) is 0. The molecular weight excluding hydrogens is 250 g/mol. The van der Waals surface area contributed by atoms with E-state index in [1.165, 1.54) is 0 Å². The van der Waals surface area contributed by atoms with Crippen LogP contribution in [0.5, 0.6) is 0 Å². The van der Waals surface area contributed by atoms with Crippen molar-refractivity contribution >= 4 is 5.97 Å². The Kier molecular flexibility index (Phi) is 4.16. The average molecular weight is 269 g/mol. The zero-order chi connectivity index (χ0) is 13.9. The summed E-state index contributed by atoms with van der Waals surface area (Å²) >= 11 is 0. The van der Waals surface area contributed by atoms with E-state index in [1.54, 1.807) is 0 Å². The second-order valence-electron chi connectivity index (χ2n) is 5.13. The van der Waals surface area contributed by atoms with Gasteiger partial charge in [0.2, 0.25) is 5.89 Å². The van der Waals surface area contributed by atoms with Crippen molar-refractivity contribution in [1.82, 2.24) is 15.0 Å². The first-order chi connectivity index (χ1) is 9.00. The van der Waals surface area contributed by atoms with Crippen LogP contribution >= 0.6 is 0 Å². The molecule has 0 amide bonds. The predicted molar refractivity (Wildman–Crippen MR) is 65.6 cm³/mol. The molecule has 1 aromatic rings. The molecule has 1 fully saturated rings. The van der Waals surface area contributed by atoms with Crippen LogP contribution in [0.1, 0.15) is 32.0 Å². The molecule has 7 heteroatoms. The van der Waals surface area contributed by atoms with E-state index in [9.17, 15) is 4.79 Å². The van der Waals surface area contributed by atoms with Gasteiger partial charge >= 0.3 is 5.97 Å². The maximum Gasteiger partial charge on any atom is 0.329 e. The number of aromatic nitrogens is 2. The molecule has 1 saturated heterocycles. The van der Waals surface area contributed by atoms with E-state index < -0.39 is 5.97 Å². The summed E-state index contributed by atoms with van der Waals surface area (Å²) < 4.78 is 10.5. The maximum atomic E-state index is 10.5. The van der Waals surface area contributed by atoms with E-state index in [2.05, 4.69) is 22.0 Å². The number of hydrogen-bond acceptors (Lipinski definition) is 6. The number of likely N-dealkylation sites (tertiary alicyclic amines) is 1. The van der Waals surface area contributed by atoms with Crippen LogP contribution in [0.3, 0.4) is 0 Å². The number of carboxylic acids is 1. The lowest BCUT2D eigenvalue weighted by Gasteiger charge is -2.46. The Morgan fingerprint density at radius 2 is 2.32 bits per heavy atom. The number of aliphatic carboxylic acids is 1. The minimum atomic E-state index is -0.944. The molecule has 1 aliphatic rings. The van der Waals surface area contributed by atoms with Gasteiger partial charge in [0.1, 0.15) is 6.61 Å². The minimum absolute atomic E-state index is 0.258. The molecule has 0 bridgehead atoms. The van der Waals surface area contributed by atoms with E-state index in [0.29, 0.717) is 25.5 Å². The van der Waals surface area contributed by atoms with Gasteiger partial charge in [-0.2, -0.15) is 4.98 Å². The van der Waals surface area contributed by atoms with Crippen molar-refractivity contribution in [2.75, 3.05) is 19.7 Å². The van der Waals surface area contributed by atoms with Crippen molar-refractivity contribution in [3.63, 3.8) is 0 Å². The third-order valence-corrected chi connectivity index (χ3v) is 3.00. The molecule has 19 heavy (non-hydrogen) atoms. The van der Waals surface area contributed by atoms with Crippen LogP contribution in [-0.4, -0.2) is 51.4 Å². The van der Waals surface area contributed by atoms with Gasteiger partial charge in [-0.15, -0.1) is 0 Å². The smallest absolute Gasteiger partial charge is 0.329 e. The van der Waals surface area contributed by atoms with Crippen molar-refractivity contribution in [2.45, 2.75) is 38.8 Å². The van der Waals surface area contributed by atoms with Crippen LogP contribution < -0.4 is 0 Å². The van der Waals surface area contributed by atoms with E-state index in [1.807, 2.05) is 6.92 Å². The molecule has 2 rings (SSSR count). The first-order valence-corrected chi connectivity index (χ1v) is 6.40. The molecule has 0 spiro atoms. The SMILES string of the molecule is CCCc1noc(CN2CC(C)(OCC(=O)O)C2)n1. The van der Waals surface area contributed by atoms with Crippen molar-refractivity contribution in [3.8, 4) is 0 Å². The molecule has 0 aliphatic carbocycles. The van der Waals surface area contributed by atoms with Crippen LogP contribution in [0.4, 0.5) is 0 Å². The molecule has 1 aromatic heterocycles. The fourth-order valence-electron chi connectivity index (χ4n) is 2.21. The van der Waals surface area contributed by atoms with Crippen molar-refractivity contribution < 1.29 is 19.2 Å². The van der Waals surface area contributed by atoms with Gasteiger partial charge in [-0.25, -0.2) is 4.79 Å². The highest BCUT2D eigenvalue weighted by Crippen LogP contribution is 2.25. The largest absolute Gasteiger partial charge is 0.480 e. The molecule has 2 heterocycles. The summed E-state index contributed by atoms with van der Waals surface area (Å²) in [5.41, 5.74) is -0.384. The van der Waals surface area contributed by atoms with E-state index in [4.69, 9.17) is 14.4 Å². The third kappa shape index (κ3) is 3.74. The molecule has 106 valence electrons. The molecule has 0 atom stereocenters. The molecule has 7 nitrogen and oxygen atoms in total. The van der Waals surface area contributed by atoms with Crippen molar-refractivity contribution in [1.29, 1.82) is 0 Å². The lowest BCUT2D eigenvalue weighted by atomic mass is 9.96. The van der Waals surface area contributed by atoms with Gasteiger partial charge in [0.15, 0.2) is 5.82 Å². The Bertz CT molecular complexity index is 440. The highest BCUT2D eigenvalue weighted by atomic mass is 16.5. The van der Waals surface area contributed by atoms with Crippen LogP contribution in [0.15, 0.2) is 4.52 Å². The van der Waals surface area contributed by atoms with Crippen molar-refractivity contribution in [2.24, 2.45) is 0 Å². The summed E-state index contributed by atoms with van der Waals surface area (Å²) in [6.07, 6.45) is 1.81. The van der Waals surface area contributed by atoms with Gasteiger partial charge < -0.3 is 14.4 Å². The van der Waals surface area contributed by atoms with Gasteiger partial charge in [0.25, 0.3) is 0 Å². The Hall–Kier alpha value is -1.47. The molecule has 0 saturated carbocycles. The maximum absolute atomic E-state index is 10.5. The fraction of sp³-hybridized carbons (Fsp3) is 0.750. The van der Waals surface area contributed by atoms with Gasteiger partial charge in [-0.1, -0.05) is 12.1 Å². The fourth-order valence-corrected chi connectivity index (χ4v) is 2.21. The highest BCUT2D eigenvalue weighted by molar-refractivity contribution is 5.68. The number of nitrogens with zero attached hydrogens (tertiary/aromatic N) is 3. The molecule has 0 aromatic carbocycles. The van der Waals surface area contributed by atoms with Crippen molar-refractivity contribution in [3.05, 3.63) is 11.7 Å². The summed E-state index contributed by atoms with van der Waals surface area (Å²) in [5.74, 6) is 0.396. The van der Waals surface area contributed by atoms with E-state index in [-0.39, 0.29) is 12.2 Å². The monoisotopic (exact) mass is 269 g/mol. The van der Waals surface area contributed by atoms with Gasteiger partial charge in [-0.3, -0.25) is 4.90 Å². The Morgan fingerprint density at radius 1 is 1.58 bits per heavy atom. The van der Waals surface area contributed by atoms with E-state index in [0.717, 1.165) is 18.7 Å². The first kappa shape index (κ1) is 14.0. The molecule has 0 unspecified atom stereocenters. The highest BCUT2D eigenvalue weighted by Gasteiger charge is 2.40. The summed E-state index contributed by atoms with van der Waals surface area (Å²) in [7, 11) is 0. The summed E-state index contributed by atoms with van der Waals surface area (Å²) in [4.78, 5) is 16.8. The quantitative estimate of drug-likeness (QED) is 0.779. The van der Waals surface area contributed by atoms with E-state index >= 15 is 0 Å². The Balaban J connectivity index is 1.75. The lowest BCUT2D eigenvalue weighted by molar-refractivity contribution is -0.166. The molecule has 1 aliphatic heterocycles. The van der Waals surface area contributed by atoms with Crippen LogP contribution in [-0.2, 0) is 22.5 Å². The molecule has 1 N–H and O–H groups in total. The zero-order valence-electron chi connectivity index (χ0n) is 11.3. The minimum Gasteiger partial charge on any atom is -0.480 e. The first-order valence-electron chi connectivity index (χ1n) is 6.40. The Labute approximate surface area is 111 Å². The molecular formula is C12H19N3O4. The van der Waals surface area contributed by atoms with Gasteiger partial charge in [0, 0.05) is 19.5 Å². The number of ether oxygens (including phenoxy) is 1. The standard InChI is InChI=1S/C12H19N3O4/c1-3-4-9-13-10(19-14-9)5-15-7-12(2,8-15)18-6-11(16)17/h3-8H2,1-2H3,(H,16,17). The predicted octanol–water partition coefficient (Wildman–Crippen LogP) is 0.698. The topological polar surface area (TPSA) is 88.7 Å². The summed E-state index contributed by atoms with van der Waals surface area (Å²) in [6.45, 7) is 5.64. The van der Waals surface area contributed by atoms with Crippen LogP contribution in [0.25, 0.3) is 0 Å². The number of hydrogen-bond donors (Lipinski definition) is 1. The second-order valence-corrected chi connectivity index (χ2v) is 5.13. The zero-order valence-corrected chi connectivity index (χ0v) is 11.3. The van der Waals surface area contributed by atoms with Crippen LogP contribution in [0.2, 0.25) is 0 Å². The number of carboxylic acid groups (broad SMARTS) is 1. The number of rotatable bonds is 7. The number of carbonyl (C=O) groups is 1. The molecule has 0 radical (unpaired) electrons. The normalized spacial score (nSPS) is 18.2. The second kappa shape index (κ2) is 5.66.